The molecule has 0 spiro atoms. The Morgan fingerprint density at radius 3 is 2.04 bits per heavy atom. The van der Waals surface area contributed by atoms with Crippen LogP contribution in [0.15, 0.2) is 53.4 Å². The van der Waals surface area contributed by atoms with Crippen LogP contribution >= 0.6 is 0 Å². The minimum absolute atomic E-state index is 0.0708. The number of hydrogen-bond donors (Lipinski definition) is 0. The average molecular weight is 361 g/mol. The standard InChI is InChI=1S/C19H23NO4S/c1-14-10-12-16(13-11-14)20(18(21)24-19(3,4)5)25(22,23)17-9-7-6-8-15(17)2/h6-13H,1-5H3. The monoisotopic (exact) mass is 361 g/mol. The van der Waals surface area contributed by atoms with Crippen molar-refractivity contribution in [1.82, 2.24) is 0 Å². The van der Waals surface area contributed by atoms with Crippen LogP contribution in [0.25, 0.3) is 0 Å². The van der Waals surface area contributed by atoms with Crippen LogP contribution in [0.5, 0.6) is 0 Å². The average Bonchev–Trinajstić information content (AvgIpc) is 2.47. The first-order valence-corrected chi connectivity index (χ1v) is 9.37. The highest BCUT2D eigenvalue weighted by Crippen LogP contribution is 2.28. The van der Waals surface area contributed by atoms with Crippen molar-refractivity contribution in [2.45, 2.75) is 45.1 Å². The number of carbonyl (C=O) groups is 1. The topological polar surface area (TPSA) is 63.7 Å². The molecule has 6 heteroatoms. The highest BCUT2D eigenvalue weighted by atomic mass is 32.2. The highest BCUT2D eigenvalue weighted by Gasteiger charge is 2.35. The van der Waals surface area contributed by atoms with E-state index in [0.29, 0.717) is 5.56 Å². The number of hydrogen-bond acceptors (Lipinski definition) is 4. The third-order valence-electron chi connectivity index (χ3n) is 3.44. The number of benzene rings is 2. The fourth-order valence-corrected chi connectivity index (χ4v) is 3.82. The maximum absolute atomic E-state index is 13.2. The number of ether oxygens (including phenoxy) is 1. The first-order valence-electron chi connectivity index (χ1n) is 7.93. The van der Waals surface area contributed by atoms with Crippen LogP contribution in [-0.4, -0.2) is 20.1 Å². The normalized spacial score (nSPS) is 11.9. The zero-order valence-corrected chi connectivity index (χ0v) is 15.9. The summed E-state index contributed by atoms with van der Waals surface area (Å²) in [4.78, 5) is 12.8. The van der Waals surface area contributed by atoms with E-state index in [2.05, 4.69) is 0 Å². The van der Waals surface area contributed by atoms with Crippen molar-refractivity contribution in [2.24, 2.45) is 0 Å². The first-order chi connectivity index (χ1) is 11.5. The van der Waals surface area contributed by atoms with Gasteiger partial charge in [0, 0.05) is 0 Å². The SMILES string of the molecule is Cc1ccc(N(C(=O)OC(C)(C)C)S(=O)(=O)c2ccccc2C)cc1. The van der Waals surface area contributed by atoms with Crippen LogP contribution in [0.4, 0.5) is 10.5 Å². The molecule has 0 aliphatic rings. The number of amides is 1. The second-order valence-electron chi connectivity index (χ2n) is 6.85. The Kier molecular flexibility index (Phi) is 5.23. The van der Waals surface area contributed by atoms with E-state index in [1.54, 1.807) is 70.2 Å². The number of sulfonamides is 1. The van der Waals surface area contributed by atoms with Gasteiger partial charge in [-0.15, -0.1) is 0 Å². The van der Waals surface area contributed by atoms with Crippen LogP contribution in [0.1, 0.15) is 31.9 Å². The predicted octanol–water partition coefficient (Wildman–Crippen LogP) is 4.43. The van der Waals surface area contributed by atoms with Gasteiger partial charge in [-0.25, -0.2) is 13.2 Å². The van der Waals surface area contributed by atoms with Gasteiger partial charge in [0.2, 0.25) is 0 Å². The van der Waals surface area contributed by atoms with Gasteiger partial charge in [0.25, 0.3) is 10.0 Å². The quantitative estimate of drug-likeness (QED) is 0.811. The lowest BCUT2D eigenvalue weighted by Gasteiger charge is -2.27. The molecule has 0 aliphatic carbocycles. The summed E-state index contributed by atoms with van der Waals surface area (Å²) in [6.07, 6.45) is -0.931. The lowest BCUT2D eigenvalue weighted by molar-refractivity contribution is 0.0609. The Morgan fingerprint density at radius 1 is 0.960 bits per heavy atom. The lowest BCUT2D eigenvalue weighted by atomic mass is 10.2. The van der Waals surface area contributed by atoms with E-state index in [4.69, 9.17) is 4.74 Å². The van der Waals surface area contributed by atoms with E-state index in [1.165, 1.54) is 6.07 Å². The van der Waals surface area contributed by atoms with Crippen LogP contribution in [0.2, 0.25) is 0 Å². The van der Waals surface area contributed by atoms with Crippen molar-refractivity contribution in [1.29, 1.82) is 0 Å². The lowest BCUT2D eigenvalue weighted by Crippen LogP contribution is -2.41. The number of nitrogens with zero attached hydrogens (tertiary/aromatic N) is 1. The fourth-order valence-electron chi connectivity index (χ4n) is 2.27. The molecule has 0 bridgehead atoms. The van der Waals surface area contributed by atoms with E-state index in [9.17, 15) is 13.2 Å². The Balaban J connectivity index is 2.60. The molecule has 2 aromatic rings. The molecule has 5 nitrogen and oxygen atoms in total. The van der Waals surface area contributed by atoms with Crippen molar-refractivity contribution in [2.75, 3.05) is 4.31 Å². The smallest absolute Gasteiger partial charge is 0.429 e. The third-order valence-corrected chi connectivity index (χ3v) is 5.29. The number of anilines is 1. The molecule has 0 fully saturated rings. The van der Waals surface area contributed by atoms with Gasteiger partial charge >= 0.3 is 6.09 Å². The molecular formula is C19H23NO4S. The van der Waals surface area contributed by atoms with Gasteiger partial charge in [0.1, 0.15) is 5.60 Å². The van der Waals surface area contributed by atoms with Crippen molar-refractivity contribution < 1.29 is 17.9 Å². The maximum atomic E-state index is 13.2. The summed E-state index contributed by atoms with van der Waals surface area (Å²) in [7, 11) is -4.11. The number of rotatable bonds is 3. The van der Waals surface area contributed by atoms with Crippen molar-refractivity contribution in [3.05, 3.63) is 59.7 Å². The molecule has 134 valence electrons. The maximum Gasteiger partial charge on any atom is 0.429 e. The molecule has 25 heavy (non-hydrogen) atoms. The number of carbonyl (C=O) groups excluding carboxylic acids is 1. The summed E-state index contributed by atoms with van der Waals surface area (Å²) in [5.74, 6) is 0. The van der Waals surface area contributed by atoms with Crippen molar-refractivity contribution >= 4 is 21.8 Å². The summed E-state index contributed by atoms with van der Waals surface area (Å²) in [5, 5.41) is 0. The minimum Gasteiger partial charge on any atom is -0.443 e. The molecule has 0 saturated carbocycles. The highest BCUT2D eigenvalue weighted by molar-refractivity contribution is 7.93. The Labute approximate surface area is 149 Å². The van der Waals surface area contributed by atoms with Crippen LogP contribution in [0, 0.1) is 13.8 Å². The molecule has 0 aliphatic heterocycles. The molecular weight excluding hydrogens is 338 g/mol. The molecule has 0 saturated heterocycles. The van der Waals surface area contributed by atoms with E-state index in [0.717, 1.165) is 9.87 Å². The zero-order valence-electron chi connectivity index (χ0n) is 15.1. The number of aryl methyl sites for hydroxylation is 2. The summed E-state index contributed by atoms with van der Waals surface area (Å²) < 4.78 is 32.4. The van der Waals surface area contributed by atoms with Gasteiger partial charge in [-0.1, -0.05) is 35.9 Å². The first kappa shape index (κ1) is 19.0. The summed E-state index contributed by atoms with van der Waals surface area (Å²) >= 11 is 0. The summed E-state index contributed by atoms with van der Waals surface area (Å²) in [6, 6.07) is 13.2. The molecule has 0 N–H and O–H groups in total. The fraction of sp³-hybridized carbons (Fsp3) is 0.316. The third kappa shape index (κ3) is 4.39. The molecule has 0 radical (unpaired) electrons. The van der Waals surface area contributed by atoms with Crippen LogP contribution < -0.4 is 4.31 Å². The van der Waals surface area contributed by atoms with Gasteiger partial charge < -0.3 is 4.74 Å². The molecule has 0 aromatic heterocycles. The van der Waals surface area contributed by atoms with E-state index < -0.39 is 21.7 Å². The second-order valence-corrected chi connectivity index (χ2v) is 8.61. The van der Waals surface area contributed by atoms with Crippen LogP contribution in [-0.2, 0) is 14.8 Å². The van der Waals surface area contributed by atoms with Crippen molar-refractivity contribution in [3.63, 3.8) is 0 Å². The van der Waals surface area contributed by atoms with Gasteiger partial charge in [-0.3, -0.25) is 0 Å². The van der Waals surface area contributed by atoms with Gasteiger partial charge in [-0.05, 0) is 58.4 Å². The van der Waals surface area contributed by atoms with Crippen LogP contribution in [0.3, 0.4) is 0 Å². The Morgan fingerprint density at radius 2 is 1.52 bits per heavy atom. The molecule has 2 aromatic carbocycles. The molecule has 0 unspecified atom stereocenters. The minimum atomic E-state index is -4.11. The van der Waals surface area contributed by atoms with E-state index in [-0.39, 0.29) is 10.6 Å². The zero-order chi connectivity index (χ0) is 18.8. The van der Waals surface area contributed by atoms with E-state index >= 15 is 0 Å². The largest absolute Gasteiger partial charge is 0.443 e. The Bertz CT molecular complexity index is 865. The molecule has 2 rings (SSSR count). The molecule has 0 atom stereocenters. The van der Waals surface area contributed by atoms with Gasteiger partial charge in [0.05, 0.1) is 10.6 Å². The molecule has 0 heterocycles. The summed E-state index contributed by atoms with van der Waals surface area (Å²) in [6.45, 7) is 8.66. The van der Waals surface area contributed by atoms with Gasteiger partial charge in [0.15, 0.2) is 0 Å². The van der Waals surface area contributed by atoms with Gasteiger partial charge in [-0.2, -0.15) is 4.31 Å². The van der Waals surface area contributed by atoms with Crippen molar-refractivity contribution in [3.8, 4) is 0 Å². The molecule has 1 amide bonds. The van der Waals surface area contributed by atoms with E-state index in [1.807, 2.05) is 6.92 Å². The Hall–Kier alpha value is -2.34. The predicted molar refractivity (Wildman–Crippen MR) is 98.3 cm³/mol. The second kappa shape index (κ2) is 6.88. The summed E-state index contributed by atoms with van der Waals surface area (Å²) in [5.41, 5.74) is 0.939.